The topological polar surface area (TPSA) is 36.1 Å². The highest BCUT2D eigenvalue weighted by Crippen LogP contribution is 1.85. The molecule has 0 spiro atoms. The molecule has 3 heteroatoms. The molecular weight excluding hydrogens is 198 g/mol. The number of hydrogen-bond donors (Lipinski definition) is 3. The molecule has 0 aliphatic carbocycles. The molecule has 3 nitrogen and oxygen atoms in total. The zero-order chi connectivity index (χ0) is 11.9. The Kier molecular flexibility index (Phi) is 14.8. The molecule has 0 atom stereocenters. The molecule has 0 aliphatic heterocycles. The summed E-state index contributed by atoms with van der Waals surface area (Å²) in [6.07, 6.45) is 6.00. The molecule has 0 unspecified atom stereocenters. The maximum absolute atomic E-state index is 3.79. The number of nitrogens with one attached hydrogen (secondary N) is 3. The van der Waals surface area contributed by atoms with Crippen LogP contribution in [-0.2, 0) is 0 Å². The van der Waals surface area contributed by atoms with E-state index in [0.29, 0.717) is 0 Å². The minimum atomic E-state index is 0.984. The highest BCUT2D eigenvalue weighted by Gasteiger charge is 1.90. The van der Waals surface area contributed by atoms with E-state index in [2.05, 4.69) is 29.8 Å². The second kappa shape index (κ2) is 14.9. The van der Waals surface area contributed by atoms with Crippen molar-refractivity contribution in [2.45, 2.75) is 39.0 Å². The van der Waals surface area contributed by atoms with Gasteiger partial charge in [0.15, 0.2) is 0 Å². The first-order chi connectivity index (χ1) is 7.91. The summed E-state index contributed by atoms with van der Waals surface area (Å²) in [5, 5.41) is 10.2. The Bertz CT molecular complexity index is 104. The molecule has 0 heterocycles. The van der Waals surface area contributed by atoms with Crippen molar-refractivity contribution in [1.82, 2.24) is 16.0 Å². The second-order valence-corrected chi connectivity index (χ2v) is 4.16. The van der Waals surface area contributed by atoms with E-state index < -0.39 is 0 Å². The van der Waals surface area contributed by atoms with Gasteiger partial charge in [-0.2, -0.15) is 0 Å². The van der Waals surface area contributed by atoms with Crippen molar-refractivity contribution in [1.29, 1.82) is 0 Å². The largest absolute Gasteiger partial charge is 0.317 e. The summed E-state index contributed by atoms with van der Waals surface area (Å²) in [6.45, 7) is 12.8. The Morgan fingerprint density at radius 2 is 1.19 bits per heavy atom. The van der Waals surface area contributed by atoms with Crippen molar-refractivity contribution in [3.05, 3.63) is 6.92 Å². The third-order valence-corrected chi connectivity index (χ3v) is 2.44. The van der Waals surface area contributed by atoms with Crippen LogP contribution in [0.4, 0.5) is 0 Å². The fourth-order valence-corrected chi connectivity index (χ4v) is 1.52. The highest BCUT2D eigenvalue weighted by atomic mass is 14.9. The fraction of sp³-hybridized carbons (Fsp3) is 0.923. The molecule has 0 fully saturated rings. The zero-order valence-corrected chi connectivity index (χ0v) is 11.0. The van der Waals surface area contributed by atoms with E-state index in [1.165, 1.54) is 32.2 Å². The van der Waals surface area contributed by atoms with Crippen molar-refractivity contribution in [2.75, 3.05) is 39.3 Å². The van der Waals surface area contributed by atoms with Crippen LogP contribution in [-0.4, -0.2) is 39.3 Å². The number of unbranched alkanes of at least 4 members (excludes halogenated alkanes) is 1. The lowest BCUT2D eigenvalue weighted by atomic mass is 10.3. The normalized spacial score (nSPS) is 10.9. The summed E-state index contributed by atoms with van der Waals surface area (Å²) in [4.78, 5) is 0. The smallest absolute Gasteiger partial charge is 0.00368 e. The Morgan fingerprint density at radius 1 is 0.688 bits per heavy atom. The van der Waals surface area contributed by atoms with Crippen LogP contribution in [0.15, 0.2) is 0 Å². The van der Waals surface area contributed by atoms with Gasteiger partial charge in [0, 0.05) is 0 Å². The third kappa shape index (κ3) is 13.9. The standard InChI is InChI=1S/C13H30N3/c1-3-8-14-10-5-6-11-16-13-7-12-15-9-4-2/h14-16H,2-13H2,1H3. The second-order valence-electron chi connectivity index (χ2n) is 4.16. The fourth-order valence-electron chi connectivity index (χ4n) is 1.52. The van der Waals surface area contributed by atoms with Gasteiger partial charge in [0.05, 0.1) is 0 Å². The molecule has 3 N–H and O–H groups in total. The third-order valence-electron chi connectivity index (χ3n) is 2.44. The van der Waals surface area contributed by atoms with Gasteiger partial charge in [0.2, 0.25) is 0 Å². The molecular formula is C13H30N3. The highest BCUT2D eigenvalue weighted by molar-refractivity contribution is 4.54. The predicted molar refractivity (Wildman–Crippen MR) is 72.7 cm³/mol. The lowest BCUT2D eigenvalue weighted by Crippen LogP contribution is -2.24. The van der Waals surface area contributed by atoms with Gasteiger partial charge < -0.3 is 16.0 Å². The number of hydrogen-bond acceptors (Lipinski definition) is 3. The van der Waals surface area contributed by atoms with Crippen molar-refractivity contribution >= 4 is 0 Å². The first-order valence-electron chi connectivity index (χ1n) is 6.83. The van der Waals surface area contributed by atoms with E-state index in [1.54, 1.807) is 0 Å². The van der Waals surface area contributed by atoms with Crippen molar-refractivity contribution in [3.63, 3.8) is 0 Å². The molecule has 0 saturated heterocycles. The van der Waals surface area contributed by atoms with Crippen molar-refractivity contribution in [3.8, 4) is 0 Å². The van der Waals surface area contributed by atoms with Gasteiger partial charge in [-0.3, -0.25) is 0 Å². The van der Waals surface area contributed by atoms with Gasteiger partial charge in [0.25, 0.3) is 0 Å². The van der Waals surface area contributed by atoms with Crippen LogP contribution >= 0.6 is 0 Å². The van der Waals surface area contributed by atoms with Gasteiger partial charge in [-0.25, -0.2) is 0 Å². The predicted octanol–water partition coefficient (Wildman–Crippen LogP) is 1.56. The molecule has 0 aliphatic rings. The van der Waals surface area contributed by atoms with Crippen LogP contribution in [0.5, 0.6) is 0 Å². The van der Waals surface area contributed by atoms with E-state index in [-0.39, 0.29) is 0 Å². The van der Waals surface area contributed by atoms with Gasteiger partial charge in [0.1, 0.15) is 0 Å². The summed E-state index contributed by atoms with van der Waals surface area (Å²) >= 11 is 0. The minimum absolute atomic E-state index is 0.984. The van der Waals surface area contributed by atoms with Crippen LogP contribution in [0.25, 0.3) is 0 Å². The lowest BCUT2D eigenvalue weighted by Gasteiger charge is -2.06. The Labute approximate surface area is 102 Å². The maximum atomic E-state index is 3.79. The van der Waals surface area contributed by atoms with Crippen LogP contribution in [0, 0.1) is 6.92 Å². The van der Waals surface area contributed by atoms with E-state index in [9.17, 15) is 0 Å². The van der Waals surface area contributed by atoms with Crippen molar-refractivity contribution in [2.24, 2.45) is 0 Å². The lowest BCUT2D eigenvalue weighted by molar-refractivity contribution is 0.559. The van der Waals surface area contributed by atoms with Gasteiger partial charge >= 0.3 is 0 Å². The molecule has 0 saturated carbocycles. The molecule has 16 heavy (non-hydrogen) atoms. The van der Waals surface area contributed by atoms with Crippen LogP contribution in [0.1, 0.15) is 39.0 Å². The average Bonchev–Trinajstić information content (AvgIpc) is 2.31. The van der Waals surface area contributed by atoms with E-state index in [1.807, 2.05) is 0 Å². The molecule has 0 bridgehead atoms. The van der Waals surface area contributed by atoms with E-state index in [0.717, 1.165) is 39.1 Å². The molecule has 0 aromatic carbocycles. The SMILES string of the molecule is [CH2]CCNCCCNCCCCNCCC. The first kappa shape index (κ1) is 15.9. The van der Waals surface area contributed by atoms with Gasteiger partial charge in [-0.05, 0) is 71.4 Å². The summed E-state index contributed by atoms with van der Waals surface area (Å²) in [6, 6.07) is 0. The summed E-state index contributed by atoms with van der Waals surface area (Å²) in [5.74, 6) is 0. The Hall–Kier alpha value is -0.120. The first-order valence-corrected chi connectivity index (χ1v) is 6.83. The maximum Gasteiger partial charge on any atom is -0.00368 e. The summed E-state index contributed by atoms with van der Waals surface area (Å²) < 4.78 is 0. The number of rotatable bonds is 13. The van der Waals surface area contributed by atoms with Crippen LogP contribution < -0.4 is 16.0 Å². The Morgan fingerprint density at radius 3 is 1.75 bits per heavy atom. The zero-order valence-electron chi connectivity index (χ0n) is 11.0. The molecule has 0 aromatic rings. The van der Waals surface area contributed by atoms with Gasteiger partial charge in [-0.15, -0.1) is 0 Å². The Balaban J connectivity index is 2.83. The molecule has 0 rings (SSSR count). The van der Waals surface area contributed by atoms with Crippen molar-refractivity contribution < 1.29 is 0 Å². The quantitative estimate of drug-likeness (QED) is 0.419. The van der Waals surface area contributed by atoms with E-state index in [4.69, 9.17) is 0 Å². The molecule has 1 radical (unpaired) electrons. The molecule has 0 aromatic heterocycles. The monoisotopic (exact) mass is 228 g/mol. The van der Waals surface area contributed by atoms with Crippen LogP contribution in [0.3, 0.4) is 0 Å². The average molecular weight is 228 g/mol. The molecule has 97 valence electrons. The summed E-state index contributed by atoms with van der Waals surface area (Å²) in [7, 11) is 0. The van der Waals surface area contributed by atoms with Crippen LogP contribution in [0.2, 0.25) is 0 Å². The minimum Gasteiger partial charge on any atom is -0.317 e. The van der Waals surface area contributed by atoms with E-state index >= 15 is 0 Å². The van der Waals surface area contributed by atoms with Gasteiger partial charge in [-0.1, -0.05) is 13.8 Å². The molecule has 0 amide bonds. The summed E-state index contributed by atoms with van der Waals surface area (Å²) in [5.41, 5.74) is 0.